The minimum Gasteiger partial charge on any atom is -0.474 e. The van der Waals surface area contributed by atoms with Crippen LogP contribution in [0.5, 0.6) is 5.75 Å². The van der Waals surface area contributed by atoms with Crippen LogP contribution in [0.25, 0.3) is 11.3 Å². The van der Waals surface area contributed by atoms with E-state index in [0.717, 1.165) is 36.4 Å². The van der Waals surface area contributed by atoms with E-state index in [1.807, 2.05) is 0 Å². The third-order valence-electron chi connectivity index (χ3n) is 6.05. The zero-order valence-corrected chi connectivity index (χ0v) is 24.2. The molecular formula is C27H23BrF5N5O6. The normalized spacial score (nSPS) is 12.2. The number of nitrogens with zero attached hydrogens (tertiary/aromatic N) is 3. The first-order chi connectivity index (χ1) is 20.9. The average Bonchev–Trinajstić information content (AvgIpc) is 3.59. The van der Waals surface area contributed by atoms with E-state index in [9.17, 15) is 31.5 Å². The molecule has 2 amide bonds. The van der Waals surface area contributed by atoms with Crippen LogP contribution in [0, 0.1) is 11.6 Å². The van der Waals surface area contributed by atoms with E-state index in [1.54, 1.807) is 10.9 Å². The maximum Gasteiger partial charge on any atom is 0.416 e. The summed E-state index contributed by atoms with van der Waals surface area (Å²) in [6.45, 7) is 0.266. The number of methoxy groups -OCH3 is 1. The molecule has 4 rings (SSSR count). The Bertz CT molecular complexity index is 1630. The molecule has 0 spiro atoms. The number of hydrogen-bond acceptors (Lipinski definition) is 8. The molecule has 0 saturated heterocycles. The van der Waals surface area contributed by atoms with Crippen LogP contribution < -0.4 is 15.8 Å². The Morgan fingerprint density at radius 1 is 1.16 bits per heavy atom. The van der Waals surface area contributed by atoms with Gasteiger partial charge in [0.2, 0.25) is 12.0 Å². The second-order valence-corrected chi connectivity index (χ2v) is 9.70. The highest BCUT2D eigenvalue weighted by Crippen LogP contribution is 2.36. The molecule has 234 valence electrons. The number of nitrogens with two attached hydrogens (primary N) is 1. The maximum atomic E-state index is 15.0. The molecule has 0 bridgehead atoms. The Kier molecular flexibility index (Phi) is 10.2. The summed E-state index contributed by atoms with van der Waals surface area (Å²) in [5.74, 6) is -5.01. The molecule has 1 unspecified atom stereocenters. The largest absolute Gasteiger partial charge is 0.474 e. The lowest BCUT2D eigenvalue weighted by Gasteiger charge is -2.18. The molecule has 11 nitrogen and oxygen atoms in total. The Morgan fingerprint density at radius 2 is 1.89 bits per heavy atom. The van der Waals surface area contributed by atoms with Crippen LogP contribution in [0.4, 0.5) is 26.7 Å². The monoisotopic (exact) mass is 687 g/mol. The number of carbonyl (C=O) groups excluding carboxylic acids is 2. The topological polar surface area (TPSA) is 144 Å². The van der Waals surface area contributed by atoms with Crippen molar-refractivity contribution in [3.63, 3.8) is 0 Å². The molecule has 0 fully saturated rings. The molecule has 17 heteroatoms. The number of alkyl carbamates (subject to hydrolysis) is 1. The summed E-state index contributed by atoms with van der Waals surface area (Å²) >= 11 is 3.14. The lowest BCUT2D eigenvalue weighted by atomic mass is 10.1. The third kappa shape index (κ3) is 7.71. The van der Waals surface area contributed by atoms with Gasteiger partial charge in [0.05, 0.1) is 30.7 Å². The summed E-state index contributed by atoms with van der Waals surface area (Å²) in [6, 6.07) is 5.63. The Labute approximate surface area is 254 Å². The number of carbonyl (C=O) groups is 2. The number of ether oxygens (including phenoxy) is 3. The second-order valence-electron chi connectivity index (χ2n) is 8.98. The fourth-order valence-corrected chi connectivity index (χ4v) is 4.34. The van der Waals surface area contributed by atoms with Crippen LogP contribution in [0.3, 0.4) is 0 Å². The number of amides is 2. The summed E-state index contributed by atoms with van der Waals surface area (Å²) in [5.41, 5.74) is 4.03. The standard InChI is InChI=1S/C27H23BrF5N5O6/c1-41-9-8-38-13-35-10-16(38)11-36-26(40)42-12-19(43-18-7-6-17(29)20(21(18)30)24(34)39)25-37-22(23(28)44-25)14-2-4-15(5-3-14)27(31,32)33/h2-7,10,13,19H,8-9,11-12H2,1H3,(H2,34,39)(H,36,40). The van der Waals surface area contributed by atoms with Crippen molar-refractivity contribution in [3.05, 3.63) is 87.9 Å². The summed E-state index contributed by atoms with van der Waals surface area (Å²) in [7, 11) is 1.54. The van der Waals surface area contributed by atoms with Gasteiger partial charge in [0.1, 0.15) is 23.7 Å². The zero-order chi connectivity index (χ0) is 32.0. The predicted molar refractivity (Wildman–Crippen MR) is 145 cm³/mol. The molecule has 3 N–H and O–H groups in total. The van der Waals surface area contributed by atoms with E-state index >= 15 is 0 Å². The zero-order valence-electron chi connectivity index (χ0n) is 22.7. The number of primary amides is 1. The molecule has 2 heterocycles. The van der Waals surface area contributed by atoms with Gasteiger partial charge < -0.3 is 34.2 Å². The van der Waals surface area contributed by atoms with Gasteiger partial charge >= 0.3 is 12.3 Å². The fourth-order valence-electron chi connectivity index (χ4n) is 3.86. The van der Waals surface area contributed by atoms with Crippen molar-refractivity contribution in [1.82, 2.24) is 19.9 Å². The summed E-state index contributed by atoms with van der Waals surface area (Å²) in [5, 5.41) is 2.52. The SMILES string of the molecule is COCCn1cncc1CNC(=O)OCC(Oc1ccc(F)c(C(N)=O)c1F)c1nc(-c2ccc(C(F)(F)F)cc2)c(Br)o1. The lowest BCUT2D eigenvalue weighted by Crippen LogP contribution is -2.28. The van der Waals surface area contributed by atoms with Crippen molar-refractivity contribution in [2.45, 2.75) is 25.4 Å². The van der Waals surface area contributed by atoms with E-state index in [1.165, 1.54) is 13.3 Å². The van der Waals surface area contributed by atoms with Crippen molar-refractivity contribution in [3.8, 4) is 17.0 Å². The number of alkyl halides is 3. The Balaban J connectivity index is 1.57. The number of benzene rings is 2. The van der Waals surface area contributed by atoms with Gasteiger partial charge in [-0.3, -0.25) is 4.79 Å². The maximum absolute atomic E-state index is 15.0. The van der Waals surface area contributed by atoms with Crippen LogP contribution in [-0.4, -0.2) is 46.9 Å². The number of nitrogens with one attached hydrogen (secondary N) is 1. The van der Waals surface area contributed by atoms with E-state index in [4.69, 9.17) is 24.4 Å². The van der Waals surface area contributed by atoms with E-state index in [2.05, 4.69) is 31.2 Å². The average molecular weight is 688 g/mol. The second kappa shape index (κ2) is 13.9. The molecule has 0 saturated carbocycles. The summed E-state index contributed by atoms with van der Waals surface area (Å²) < 4.78 is 91.2. The number of rotatable bonds is 12. The summed E-state index contributed by atoms with van der Waals surface area (Å²) in [4.78, 5) is 32.4. The summed E-state index contributed by atoms with van der Waals surface area (Å²) in [6.07, 6.45) is -3.90. The number of halogens is 6. The molecule has 0 radical (unpaired) electrons. The van der Waals surface area contributed by atoms with Gasteiger partial charge in [-0.2, -0.15) is 13.2 Å². The van der Waals surface area contributed by atoms with Gasteiger partial charge in [-0.1, -0.05) is 12.1 Å². The Hall–Kier alpha value is -4.51. The molecular weight excluding hydrogens is 665 g/mol. The van der Waals surface area contributed by atoms with E-state index in [-0.39, 0.29) is 28.4 Å². The lowest BCUT2D eigenvalue weighted by molar-refractivity contribution is -0.137. The van der Waals surface area contributed by atoms with Crippen LogP contribution in [0.1, 0.15) is 33.6 Å². The highest BCUT2D eigenvalue weighted by Gasteiger charge is 2.31. The fraction of sp³-hybridized carbons (Fsp3) is 0.259. The van der Waals surface area contributed by atoms with Crippen molar-refractivity contribution < 1.29 is 50.2 Å². The first kappa shape index (κ1) is 32.4. The molecule has 0 aliphatic carbocycles. The van der Waals surface area contributed by atoms with Gasteiger partial charge in [0.25, 0.3) is 5.91 Å². The van der Waals surface area contributed by atoms with Gasteiger partial charge in [0.15, 0.2) is 16.2 Å². The van der Waals surface area contributed by atoms with E-state index < -0.39 is 59.4 Å². The number of oxazole rings is 1. The van der Waals surface area contributed by atoms with E-state index in [0.29, 0.717) is 18.8 Å². The highest BCUT2D eigenvalue weighted by atomic mass is 79.9. The minimum absolute atomic E-state index is 0.0191. The number of hydrogen-bond donors (Lipinski definition) is 2. The van der Waals surface area contributed by atoms with Gasteiger partial charge in [-0.25, -0.2) is 23.5 Å². The number of aromatic nitrogens is 3. The van der Waals surface area contributed by atoms with Crippen LogP contribution in [-0.2, 0) is 28.7 Å². The van der Waals surface area contributed by atoms with Gasteiger partial charge in [0, 0.05) is 25.4 Å². The van der Waals surface area contributed by atoms with Crippen LogP contribution in [0.15, 0.2) is 58.0 Å². The molecule has 2 aromatic carbocycles. The molecule has 0 aliphatic heterocycles. The first-order valence-corrected chi connectivity index (χ1v) is 13.3. The third-order valence-corrected chi connectivity index (χ3v) is 6.59. The minimum atomic E-state index is -4.56. The van der Waals surface area contributed by atoms with Crippen LogP contribution in [0.2, 0.25) is 0 Å². The number of imidazole rings is 1. The molecule has 1 atom stereocenters. The quantitative estimate of drug-likeness (QED) is 0.189. The molecule has 2 aromatic heterocycles. The van der Waals surface area contributed by atoms with Crippen molar-refractivity contribution >= 4 is 27.9 Å². The smallest absolute Gasteiger partial charge is 0.416 e. The van der Waals surface area contributed by atoms with Gasteiger partial charge in [-0.05, 0) is 40.2 Å². The van der Waals surface area contributed by atoms with Crippen molar-refractivity contribution in [1.29, 1.82) is 0 Å². The Morgan fingerprint density at radius 3 is 2.55 bits per heavy atom. The predicted octanol–water partition coefficient (Wildman–Crippen LogP) is 5.39. The van der Waals surface area contributed by atoms with Crippen molar-refractivity contribution in [2.75, 3.05) is 20.3 Å². The first-order valence-electron chi connectivity index (χ1n) is 12.6. The van der Waals surface area contributed by atoms with Gasteiger partial charge in [-0.15, -0.1) is 0 Å². The molecule has 44 heavy (non-hydrogen) atoms. The molecule has 4 aromatic rings. The van der Waals surface area contributed by atoms with Crippen molar-refractivity contribution in [2.24, 2.45) is 5.73 Å². The highest BCUT2D eigenvalue weighted by molar-refractivity contribution is 9.10. The molecule has 0 aliphatic rings. The van der Waals surface area contributed by atoms with Crippen LogP contribution >= 0.6 is 15.9 Å².